The Balaban J connectivity index is 2.40. The second-order valence-electron chi connectivity index (χ2n) is 4.57. The van der Waals surface area contributed by atoms with Crippen molar-refractivity contribution in [2.75, 3.05) is 19.6 Å². The van der Waals surface area contributed by atoms with Gasteiger partial charge in [-0.3, -0.25) is 9.69 Å². The summed E-state index contributed by atoms with van der Waals surface area (Å²) in [5.41, 5.74) is 0. The molecule has 16 heavy (non-hydrogen) atoms. The van der Waals surface area contributed by atoms with Crippen LogP contribution in [0, 0.1) is 0 Å². The molecule has 0 heterocycles. The van der Waals surface area contributed by atoms with Crippen LogP contribution in [-0.2, 0) is 4.79 Å². The SMILES string of the molecule is CCCNC(CN(CCC)C1CC1)C(=O)O. The quantitative estimate of drug-likeness (QED) is 0.625. The van der Waals surface area contributed by atoms with Gasteiger partial charge in [-0.2, -0.15) is 0 Å². The second kappa shape index (κ2) is 6.86. The van der Waals surface area contributed by atoms with Crippen LogP contribution < -0.4 is 5.32 Å². The van der Waals surface area contributed by atoms with Crippen LogP contribution in [0.5, 0.6) is 0 Å². The number of rotatable bonds is 9. The van der Waals surface area contributed by atoms with Gasteiger partial charge in [0.25, 0.3) is 0 Å². The summed E-state index contributed by atoms with van der Waals surface area (Å²) in [5, 5.41) is 12.2. The molecule has 1 fully saturated rings. The lowest BCUT2D eigenvalue weighted by molar-refractivity contribution is -0.140. The van der Waals surface area contributed by atoms with Gasteiger partial charge in [0.1, 0.15) is 6.04 Å². The van der Waals surface area contributed by atoms with Gasteiger partial charge in [-0.1, -0.05) is 13.8 Å². The molecule has 0 amide bonds. The molecule has 0 radical (unpaired) electrons. The molecule has 4 heteroatoms. The van der Waals surface area contributed by atoms with Crippen LogP contribution in [0.15, 0.2) is 0 Å². The maximum atomic E-state index is 11.1. The number of nitrogens with one attached hydrogen (secondary N) is 1. The maximum absolute atomic E-state index is 11.1. The van der Waals surface area contributed by atoms with Gasteiger partial charge in [0.05, 0.1) is 0 Å². The van der Waals surface area contributed by atoms with E-state index in [0.29, 0.717) is 12.6 Å². The topological polar surface area (TPSA) is 52.6 Å². The molecule has 0 aromatic carbocycles. The first kappa shape index (κ1) is 13.5. The minimum atomic E-state index is -0.727. The van der Waals surface area contributed by atoms with Gasteiger partial charge in [0, 0.05) is 12.6 Å². The molecule has 0 aromatic heterocycles. The zero-order valence-electron chi connectivity index (χ0n) is 10.4. The standard InChI is InChI=1S/C12H24N2O2/c1-3-7-13-11(12(15)16)9-14(8-4-2)10-5-6-10/h10-11,13H,3-9H2,1-2H3,(H,15,16). The molecule has 1 rings (SSSR count). The van der Waals surface area contributed by atoms with Crippen molar-refractivity contribution in [1.82, 2.24) is 10.2 Å². The van der Waals surface area contributed by atoms with Gasteiger partial charge in [-0.15, -0.1) is 0 Å². The van der Waals surface area contributed by atoms with E-state index in [2.05, 4.69) is 24.1 Å². The van der Waals surface area contributed by atoms with Crippen molar-refractivity contribution in [3.8, 4) is 0 Å². The Labute approximate surface area is 98.0 Å². The first-order valence-electron chi connectivity index (χ1n) is 6.39. The van der Waals surface area contributed by atoms with E-state index in [1.807, 2.05) is 0 Å². The summed E-state index contributed by atoms with van der Waals surface area (Å²) < 4.78 is 0. The van der Waals surface area contributed by atoms with E-state index in [4.69, 9.17) is 5.11 Å². The lowest BCUT2D eigenvalue weighted by Crippen LogP contribution is -2.47. The fourth-order valence-corrected chi connectivity index (χ4v) is 1.93. The van der Waals surface area contributed by atoms with Crippen molar-refractivity contribution in [2.24, 2.45) is 0 Å². The van der Waals surface area contributed by atoms with Gasteiger partial charge < -0.3 is 10.4 Å². The maximum Gasteiger partial charge on any atom is 0.322 e. The number of hydrogen-bond donors (Lipinski definition) is 2. The van der Waals surface area contributed by atoms with Crippen LogP contribution in [-0.4, -0.2) is 47.7 Å². The Morgan fingerprint density at radius 2 is 2.12 bits per heavy atom. The molecule has 1 aliphatic rings. The highest BCUT2D eigenvalue weighted by atomic mass is 16.4. The summed E-state index contributed by atoms with van der Waals surface area (Å²) in [4.78, 5) is 13.4. The summed E-state index contributed by atoms with van der Waals surface area (Å²) in [7, 11) is 0. The van der Waals surface area contributed by atoms with Gasteiger partial charge in [-0.05, 0) is 38.8 Å². The van der Waals surface area contributed by atoms with E-state index in [1.54, 1.807) is 0 Å². The van der Waals surface area contributed by atoms with Crippen LogP contribution in [0.2, 0.25) is 0 Å². The molecular weight excluding hydrogens is 204 g/mol. The van der Waals surface area contributed by atoms with Gasteiger partial charge >= 0.3 is 5.97 Å². The van der Waals surface area contributed by atoms with Gasteiger partial charge in [-0.25, -0.2) is 0 Å². The molecule has 0 aliphatic heterocycles. The molecular formula is C12H24N2O2. The van der Waals surface area contributed by atoms with Crippen molar-refractivity contribution in [3.05, 3.63) is 0 Å². The minimum absolute atomic E-state index is 0.410. The third-order valence-electron chi connectivity index (χ3n) is 2.93. The van der Waals surface area contributed by atoms with Crippen LogP contribution >= 0.6 is 0 Å². The monoisotopic (exact) mass is 228 g/mol. The lowest BCUT2D eigenvalue weighted by Gasteiger charge is -2.25. The van der Waals surface area contributed by atoms with Crippen molar-refractivity contribution in [2.45, 2.75) is 51.6 Å². The predicted octanol–water partition coefficient (Wildman–Crippen LogP) is 1.31. The van der Waals surface area contributed by atoms with E-state index in [-0.39, 0.29) is 0 Å². The molecule has 0 aromatic rings. The van der Waals surface area contributed by atoms with Crippen LogP contribution in [0.1, 0.15) is 39.5 Å². The molecule has 1 atom stereocenters. The van der Waals surface area contributed by atoms with Crippen molar-refractivity contribution < 1.29 is 9.90 Å². The Kier molecular flexibility index (Phi) is 5.77. The highest BCUT2D eigenvalue weighted by molar-refractivity contribution is 5.73. The van der Waals surface area contributed by atoms with E-state index in [1.165, 1.54) is 12.8 Å². The molecule has 0 spiro atoms. The molecule has 4 nitrogen and oxygen atoms in total. The molecule has 1 unspecified atom stereocenters. The third kappa shape index (κ3) is 4.49. The Morgan fingerprint density at radius 1 is 1.44 bits per heavy atom. The van der Waals surface area contributed by atoms with Crippen molar-refractivity contribution >= 4 is 5.97 Å². The number of nitrogens with zero attached hydrogens (tertiary/aromatic N) is 1. The van der Waals surface area contributed by atoms with Gasteiger partial charge in [0.2, 0.25) is 0 Å². The highest BCUT2D eigenvalue weighted by Crippen LogP contribution is 2.26. The summed E-state index contributed by atoms with van der Waals surface area (Å²) >= 11 is 0. The van der Waals surface area contributed by atoms with E-state index in [0.717, 1.165) is 25.9 Å². The normalized spacial score (nSPS) is 17.7. The summed E-state index contributed by atoms with van der Waals surface area (Å²) in [6.07, 6.45) is 4.54. The van der Waals surface area contributed by atoms with Crippen molar-refractivity contribution in [3.63, 3.8) is 0 Å². The summed E-state index contributed by atoms with van der Waals surface area (Å²) in [5.74, 6) is -0.727. The Hall–Kier alpha value is -0.610. The van der Waals surface area contributed by atoms with Crippen molar-refractivity contribution in [1.29, 1.82) is 0 Å². The minimum Gasteiger partial charge on any atom is -0.480 e. The van der Waals surface area contributed by atoms with E-state index in [9.17, 15) is 4.79 Å². The molecule has 94 valence electrons. The van der Waals surface area contributed by atoms with Gasteiger partial charge in [0.15, 0.2) is 0 Å². The highest BCUT2D eigenvalue weighted by Gasteiger charge is 2.31. The number of carboxylic acids is 1. The third-order valence-corrected chi connectivity index (χ3v) is 2.93. The Morgan fingerprint density at radius 3 is 2.56 bits per heavy atom. The first-order valence-corrected chi connectivity index (χ1v) is 6.39. The molecule has 1 aliphatic carbocycles. The van der Waals surface area contributed by atoms with Crippen LogP contribution in [0.25, 0.3) is 0 Å². The largest absolute Gasteiger partial charge is 0.480 e. The van der Waals surface area contributed by atoms with Crippen LogP contribution in [0.4, 0.5) is 0 Å². The summed E-state index contributed by atoms with van der Waals surface area (Å²) in [6, 6.07) is 0.234. The summed E-state index contributed by atoms with van der Waals surface area (Å²) in [6.45, 7) is 6.64. The molecule has 1 saturated carbocycles. The Bertz CT molecular complexity index is 217. The zero-order chi connectivity index (χ0) is 12.0. The van der Waals surface area contributed by atoms with E-state index < -0.39 is 12.0 Å². The van der Waals surface area contributed by atoms with E-state index >= 15 is 0 Å². The fourth-order valence-electron chi connectivity index (χ4n) is 1.93. The lowest BCUT2D eigenvalue weighted by atomic mass is 10.2. The zero-order valence-corrected chi connectivity index (χ0v) is 10.4. The molecule has 2 N–H and O–H groups in total. The number of aliphatic carboxylic acids is 1. The van der Waals surface area contributed by atoms with Crippen LogP contribution in [0.3, 0.4) is 0 Å². The average Bonchev–Trinajstić information content (AvgIpc) is 3.05. The predicted molar refractivity (Wildman–Crippen MR) is 64.6 cm³/mol. The number of carbonyl (C=O) groups is 1. The molecule has 0 saturated heterocycles. The molecule has 0 bridgehead atoms. The second-order valence-corrected chi connectivity index (χ2v) is 4.57. The average molecular weight is 228 g/mol. The first-order chi connectivity index (χ1) is 7.69. The number of hydrogen-bond acceptors (Lipinski definition) is 3. The smallest absolute Gasteiger partial charge is 0.322 e. The fraction of sp³-hybridized carbons (Fsp3) is 0.917. The number of carboxylic acid groups (broad SMARTS) is 1.